The van der Waals surface area contributed by atoms with Crippen molar-refractivity contribution in [2.24, 2.45) is 4.99 Å². The zero-order valence-corrected chi connectivity index (χ0v) is 20.1. The maximum atomic E-state index is 4.08. The van der Waals surface area contributed by atoms with Crippen LogP contribution in [0.15, 0.2) is 113 Å². The Labute approximate surface area is 190 Å². The van der Waals surface area contributed by atoms with E-state index in [0.717, 1.165) is 18.6 Å². The standard InChI is InChI=1S/C12H14.C9H11N.C9H12/c1-10(2)9-12-6-4-5-11(3)7-8-12;1-8(10-2)9-6-4-3-5-7-9;1-3-9-6-4-8(2)5-7-9/h4-5,7-8H,1,9H2,2-3H3;3-7H,1-2H3;4-7H,3H2,1-2H3. The summed E-state index contributed by atoms with van der Waals surface area (Å²) in [7, 11) is 1.81. The van der Waals surface area contributed by atoms with Crippen LogP contribution in [0.1, 0.15) is 50.8 Å². The molecule has 0 fully saturated rings. The van der Waals surface area contributed by atoms with Gasteiger partial charge in [0.2, 0.25) is 0 Å². The van der Waals surface area contributed by atoms with Gasteiger partial charge in [-0.05, 0) is 56.9 Å². The van der Waals surface area contributed by atoms with E-state index in [2.05, 4.69) is 92.7 Å². The summed E-state index contributed by atoms with van der Waals surface area (Å²) in [6, 6.07) is 18.8. The molecule has 0 aromatic heterocycles. The zero-order valence-electron chi connectivity index (χ0n) is 20.1. The molecule has 1 aliphatic rings. The van der Waals surface area contributed by atoms with Gasteiger partial charge in [0.15, 0.2) is 0 Å². The lowest BCUT2D eigenvalue weighted by Gasteiger charge is -1.96. The molecule has 0 bridgehead atoms. The highest BCUT2D eigenvalue weighted by Gasteiger charge is 1.93. The molecule has 0 spiro atoms. The zero-order chi connectivity index (χ0) is 23.1. The van der Waals surface area contributed by atoms with Gasteiger partial charge in [-0.1, -0.05) is 103 Å². The molecule has 0 unspecified atom stereocenters. The van der Waals surface area contributed by atoms with Crippen molar-refractivity contribution < 1.29 is 0 Å². The quantitative estimate of drug-likeness (QED) is 0.273. The van der Waals surface area contributed by atoms with Crippen molar-refractivity contribution in [3.8, 4) is 0 Å². The molecule has 31 heavy (non-hydrogen) atoms. The minimum atomic E-state index is 0.925. The van der Waals surface area contributed by atoms with Crippen LogP contribution >= 0.6 is 0 Å². The largest absolute Gasteiger partial charge is 0.293 e. The Morgan fingerprint density at radius 3 is 2.13 bits per heavy atom. The number of allylic oxidation sites excluding steroid dienone is 6. The monoisotopic (exact) mass is 411 g/mol. The molecule has 0 amide bonds. The van der Waals surface area contributed by atoms with Crippen LogP contribution in [-0.2, 0) is 6.42 Å². The first kappa shape index (κ1) is 25.9. The van der Waals surface area contributed by atoms with E-state index in [1.165, 1.54) is 33.4 Å². The number of benzene rings is 2. The van der Waals surface area contributed by atoms with E-state index >= 15 is 0 Å². The van der Waals surface area contributed by atoms with Crippen LogP contribution < -0.4 is 0 Å². The van der Waals surface area contributed by atoms with E-state index in [4.69, 9.17) is 0 Å². The smallest absolute Gasteiger partial charge is 0.0386 e. The molecule has 0 atom stereocenters. The van der Waals surface area contributed by atoms with Crippen LogP contribution in [0.2, 0.25) is 0 Å². The first-order chi connectivity index (χ1) is 14.8. The molecule has 1 nitrogen and oxygen atoms in total. The molecule has 0 aliphatic heterocycles. The van der Waals surface area contributed by atoms with Gasteiger partial charge in [-0.15, -0.1) is 5.73 Å². The maximum Gasteiger partial charge on any atom is 0.0386 e. The van der Waals surface area contributed by atoms with Gasteiger partial charge < -0.3 is 0 Å². The lowest BCUT2D eigenvalue weighted by atomic mass is 10.1. The van der Waals surface area contributed by atoms with Gasteiger partial charge in [-0.3, -0.25) is 4.99 Å². The summed E-state index contributed by atoms with van der Waals surface area (Å²) < 4.78 is 0. The van der Waals surface area contributed by atoms with Gasteiger partial charge in [0.1, 0.15) is 0 Å². The summed E-state index contributed by atoms with van der Waals surface area (Å²) >= 11 is 0. The van der Waals surface area contributed by atoms with E-state index < -0.39 is 0 Å². The molecule has 162 valence electrons. The van der Waals surface area contributed by atoms with Crippen LogP contribution in [0.25, 0.3) is 0 Å². The van der Waals surface area contributed by atoms with Crippen molar-refractivity contribution in [2.45, 2.75) is 47.5 Å². The third-order valence-electron chi connectivity index (χ3n) is 4.71. The van der Waals surface area contributed by atoms with Crippen molar-refractivity contribution in [2.75, 3.05) is 7.05 Å². The molecule has 3 rings (SSSR count). The number of aliphatic imine (C=N–C) groups is 1. The van der Waals surface area contributed by atoms with Crippen molar-refractivity contribution in [1.82, 2.24) is 0 Å². The van der Waals surface area contributed by atoms with Gasteiger partial charge in [-0.2, -0.15) is 0 Å². The number of hydrogen-bond acceptors (Lipinski definition) is 1. The van der Waals surface area contributed by atoms with Gasteiger partial charge in [-0.25, -0.2) is 0 Å². The minimum Gasteiger partial charge on any atom is -0.293 e. The minimum absolute atomic E-state index is 0.925. The second-order valence-electron chi connectivity index (χ2n) is 7.73. The summed E-state index contributed by atoms with van der Waals surface area (Å²) in [4.78, 5) is 4.08. The Hall–Kier alpha value is -3.15. The lowest BCUT2D eigenvalue weighted by molar-refractivity contribution is 1.14. The van der Waals surface area contributed by atoms with Crippen LogP contribution in [0.5, 0.6) is 0 Å². The highest BCUT2D eigenvalue weighted by atomic mass is 14.7. The van der Waals surface area contributed by atoms with E-state index in [1.807, 2.05) is 45.2 Å². The fourth-order valence-electron chi connectivity index (χ4n) is 2.68. The molecule has 0 saturated carbocycles. The number of rotatable bonds is 4. The predicted octanol–water partition coefficient (Wildman–Crippen LogP) is 8.23. The Morgan fingerprint density at radius 2 is 1.58 bits per heavy atom. The third kappa shape index (κ3) is 11.6. The lowest BCUT2D eigenvalue weighted by Crippen LogP contribution is -1.91. The topological polar surface area (TPSA) is 12.4 Å². The number of nitrogens with zero attached hydrogens (tertiary/aromatic N) is 1. The second kappa shape index (κ2) is 14.8. The van der Waals surface area contributed by atoms with Crippen LogP contribution in [0.4, 0.5) is 0 Å². The van der Waals surface area contributed by atoms with Gasteiger partial charge >= 0.3 is 0 Å². The van der Waals surface area contributed by atoms with Crippen LogP contribution in [0, 0.1) is 6.92 Å². The molecule has 0 N–H and O–H groups in total. The van der Waals surface area contributed by atoms with Gasteiger partial charge in [0, 0.05) is 19.2 Å². The first-order valence-electron chi connectivity index (χ1n) is 10.8. The van der Waals surface area contributed by atoms with E-state index in [1.54, 1.807) is 0 Å². The Morgan fingerprint density at radius 1 is 0.935 bits per heavy atom. The molecule has 0 radical (unpaired) electrons. The molecule has 1 aliphatic carbocycles. The van der Waals surface area contributed by atoms with Crippen LogP contribution in [0.3, 0.4) is 0 Å². The summed E-state index contributed by atoms with van der Waals surface area (Å²) in [5.74, 6) is 0. The van der Waals surface area contributed by atoms with E-state index in [-0.39, 0.29) is 0 Å². The molecule has 2 aromatic rings. The highest BCUT2D eigenvalue weighted by Crippen LogP contribution is 2.12. The maximum absolute atomic E-state index is 4.08. The summed E-state index contributed by atoms with van der Waals surface area (Å²) in [5.41, 5.74) is 11.9. The molecular formula is C30H37N. The normalized spacial score (nSPS) is 12.4. The van der Waals surface area contributed by atoms with Crippen molar-refractivity contribution >= 4 is 5.71 Å². The SMILES string of the molecule is C=C(C)CC1=C=CC=C(C)C=C1.CCc1ccc(C)cc1.CN=C(C)c1ccccc1. The molecule has 1 heteroatoms. The van der Waals surface area contributed by atoms with Crippen molar-refractivity contribution in [3.63, 3.8) is 0 Å². The Balaban J connectivity index is 0.000000235. The van der Waals surface area contributed by atoms with Crippen molar-refractivity contribution in [3.05, 3.63) is 125 Å². The highest BCUT2D eigenvalue weighted by molar-refractivity contribution is 5.98. The fraction of sp³-hybridized carbons (Fsp3) is 0.267. The average Bonchev–Trinajstić information content (AvgIpc) is 2.98. The van der Waals surface area contributed by atoms with E-state index in [9.17, 15) is 0 Å². The van der Waals surface area contributed by atoms with Gasteiger partial charge in [0.25, 0.3) is 0 Å². The number of hydrogen-bond donors (Lipinski definition) is 0. The fourth-order valence-corrected chi connectivity index (χ4v) is 2.68. The van der Waals surface area contributed by atoms with Crippen molar-refractivity contribution in [1.29, 1.82) is 0 Å². The average molecular weight is 412 g/mol. The first-order valence-corrected chi connectivity index (χ1v) is 10.8. The Kier molecular flexibility index (Phi) is 12.3. The summed E-state index contributed by atoms with van der Waals surface area (Å²) in [5, 5.41) is 0. The third-order valence-corrected chi connectivity index (χ3v) is 4.71. The van der Waals surface area contributed by atoms with Gasteiger partial charge in [0.05, 0.1) is 0 Å². The van der Waals surface area contributed by atoms with E-state index in [0.29, 0.717) is 0 Å². The Bertz CT molecular complexity index is 961. The number of aryl methyl sites for hydroxylation is 2. The summed E-state index contributed by atoms with van der Waals surface area (Å²) in [6.45, 7) is 14.3. The molecular weight excluding hydrogens is 374 g/mol. The molecule has 0 saturated heterocycles. The molecule has 0 heterocycles. The second-order valence-corrected chi connectivity index (χ2v) is 7.73. The molecule has 2 aromatic carbocycles. The van der Waals surface area contributed by atoms with Crippen LogP contribution in [-0.4, -0.2) is 12.8 Å². The summed E-state index contributed by atoms with van der Waals surface area (Å²) in [6.07, 6.45) is 10.3. The predicted molar refractivity (Wildman–Crippen MR) is 139 cm³/mol.